The summed E-state index contributed by atoms with van der Waals surface area (Å²) in [5, 5.41) is 2.31. The number of rotatable bonds is 8. The van der Waals surface area contributed by atoms with Crippen LogP contribution in [-0.2, 0) is 0 Å². The second kappa shape index (κ2) is 14.5. The first-order valence-corrected chi connectivity index (χ1v) is 19.9. The molecule has 0 bridgehead atoms. The molecule has 0 radical (unpaired) electrons. The van der Waals surface area contributed by atoms with E-state index in [1.54, 1.807) is 0 Å². The Morgan fingerprint density at radius 2 is 1.03 bits per heavy atom. The summed E-state index contributed by atoms with van der Waals surface area (Å²) in [5.41, 5.74) is 13.3. The standard InChI is InChI=1S/C54H37N4O/c1-4-16-38(17-5-1)41-30-33-53(55-36-41)58-49-27-11-10-24-47(49)48-32-31-44(35-52(48)58)59-43-23-14-22-42(34-43)56-37-57(51-29-13-12-28-50(51)56)54-45(39-18-6-2-7-19-39)25-15-26-46(54)40-20-8-3-9-21-40/h1-37H/q+1. The van der Waals surface area contributed by atoms with Crippen LogP contribution in [0.15, 0.2) is 225 Å². The molecule has 0 fully saturated rings. The molecule has 3 heterocycles. The molecule has 0 N–H and O–H groups in total. The van der Waals surface area contributed by atoms with E-state index in [-0.39, 0.29) is 0 Å². The van der Waals surface area contributed by atoms with Crippen LogP contribution in [0.25, 0.3) is 83.4 Å². The summed E-state index contributed by atoms with van der Waals surface area (Å²) in [6.45, 7) is 0. The quantitative estimate of drug-likeness (QED) is 0.145. The molecule has 0 saturated heterocycles. The van der Waals surface area contributed by atoms with Gasteiger partial charge in [-0.1, -0.05) is 146 Å². The van der Waals surface area contributed by atoms with Crippen LogP contribution in [0.5, 0.6) is 11.5 Å². The number of pyridine rings is 1. The van der Waals surface area contributed by atoms with Gasteiger partial charge in [0.1, 0.15) is 28.7 Å². The number of hydrogen-bond acceptors (Lipinski definition) is 2. The summed E-state index contributed by atoms with van der Waals surface area (Å²) < 4.78 is 13.5. The van der Waals surface area contributed by atoms with Crippen molar-refractivity contribution in [3.8, 4) is 62.1 Å². The van der Waals surface area contributed by atoms with Gasteiger partial charge in [-0.05, 0) is 71.3 Å². The Balaban J connectivity index is 1.00. The van der Waals surface area contributed by atoms with Crippen molar-refractivity contribution in [3.05, 3.63) is 225 Å². The van der Waals surface area contributed by atoms with Gasteiger partial charge in [-0.25, -0.2) is 4.98 Å². The van der Waals surface area contributed by atoms with E-state index in [4.69, 9.17) is 9.72 Å². The van der Waals surface area contributed by atoms with Gasteiger partial charge >= 0.3 is 0 Å². The summed E-state index contributed by atoms with van der Waals surface area (Å²) in [4.78, 5) is 4.97. The van der Waals surface area contributed by atoms with Crippen LogP contribution in [0.4, 0.5) is 0 Å². The Bertz CT molecular complexity index is 3220. The predicted octanol–water partition coefficient (Wildman–Crippen LogP) is 13.2. The van der Waals surface area contributed by atoms with Gasteiger partial charge < -0.3 is 4.74 Å². The van der Waals surface area contributed by atoms with Crippen molar-refractivity contribution in [1.29, 1.82) is 0 Å². The number of ether oxygens (including phenoxy) is 1. The van der Waals surface area contributed by atoms with Crippen LogP contribution in [0.1, 0.15) is 0 Å². The van der Waals surface area contributed by atoms with E-state index in [0.717, 1.165) is 89.5 Å². The third-order valence-electron chi connectivity index (χ3n) is 11.1. The molecule has 0 saturated carbocycles. The molecular formula is C54H37N4O+. The Morgan fingerprint density at radius 1 is 0.424 bits per heavy atom. The SMILES string of the molecule is c1ccc(-c2ccc(-n3c4ccccc4c4ccc(Oc5cccc(-n6c[n+](-c7c(-c8ccccc8)cccc7-c7ccccc7)c7ccccc76)c5)cc43)nc2)cc1. The lowest BCUT2D eigenvalue weighted by molar-refractivity contribution is -0.566. The Labute approximate surface area is 341 Å². The molecule has 0 amide bonds. The number of aromatic nitrogens is 4. The van der Waals surface area contributed by atoms with Crippen molar-refractivity contribution < 1.29 is 9.30 Å². The van der Waals surface area contributed by atoms with Crippen molar-refractivity contribution in [2.24, 2.45) is 0 Å². The van der Waals surface area contributed by atoms with Gasteiger partial charge in [0.25, 0.3) is 6.33 Å². The zero-order valence-corrected chi connectivity index (χ0v) is 32.1. The smallest absolute Gasteiger partial charge is 0.255 e. The topological polar surface area (TPSA) is 35.9 Å². The molecule has 3 aromatic heterocycles. The lowest BCUT2D eigenvalue weighted by Crippen LogP contribution is -2.30. The monoisotopic (exact) mass is 757 g/mol. The van der Waals surface area contributed by atoms with Gasteiger partial charge in [0.2, 0.25) is 0 Å². The third kappa shape index (κ3) is 6.13. The summed E-state index contributed by atoms with van der Waals surface area (Å²) >= 11 is 0. The first-order chi connectivity index (χ1) is 29.3. The third-order valence-corrected chi connectivity index (χ3v) is 11.1. The normalized spacial score (nSPS) is 11.4. The summed E-state index contributed by atoms with van der Waals surface area (Å²) in [7, 11) is 0. The molecule has 278 valence electrons. The molecule has 5 nitrogen and oxygen atoms in total. The lowest BCUT2D eigenvalue weighted by atomic mass is 9.95. The maximum absolute atomic E-state index is 6.72. The number of nitrogens with zero attached hydrogens (tertiary/aromatic N) is 4. The van der Waals surface area contributed by atoms with E-state index in [9.17, 15) is 0 Å². The molecular weight excluding hydrogens is 721 g/mol. The fourth-order valence-corrected chi connectivity index (χ4v) is 8.41. The number of fused-ring (bicyclic) bond motifs is 4. The molecule has 0 unspecified atom stereocenters. The highest BCUT2D eigenvalue weighted by Gasteiger charge is 2.25. The highest BCUT2D eigenvalue weighted by molar-refractivity contribution is 6.09. The molecule has 8 aromatic carbocycles. The molecule has 0 spiro atoms. The van der Waals surface area contributed by atoms with Gasteiger partial charge in [-0.15, -0.1) is 0 Å². The zero-order chi connectivity index (χ0) is 39.1. The van der Waals surface area contributed by atoms with E-state index in [0.29, 0.717) is 0 Å². The van der Waals surface area contributed by atoms with Gasteiger partial charge in [-0.2, -0.15) is 9.13 Å². The van der Waals surface area contributed by atoms with Crippen LogP contribution in [-0.4, -0.2) is 14.1 Å². The van der Waals surface area contributed by atoms with Crippen molar-refractivity contribution in [1.82, 2.24) is 14.1 Å². The maximum Gasteiger partial charge on any atom is 0.255 e. The summed E-state index contributed by atoms with van der Waals surface area (Å²) in [5.74, 6) is 2.34. The largest absolute Gasteiger partial charge is 0.457 e. The highest BCUT2D eigenvalue weighted by atomic mass is 16.5. The van der Waals surface area contributed by atoms with E-state index in [2.05, 4.69) is 220 Å². The van der Waals surface area contributed by atoms with Crippen molar-refractivity contribution in [3.63, 3.8) is 0 Å². The molecule has 0 atom stereocenters. The van der Waals surface area contributed by atoms with E-state index in [1.165, 1.54) is 5.39 Å². The van der Waals surface area contributed by atoms with Crippen LogP contribution in [0.3, 0.4) is 0 Å². The fourth-order valence-electron chi connectivity index (χ4n) is 8.41. The van der Waals surface area contributed by atoms with Gasteiger partial charge in [-0.3, -0.25) is 4.57 Å². The van der Waals surface area contributed by atoms with Crippen molar-refractivity contribution in [2.75, 3.05) is 0 Å². The second-order valence-electron chi connectivity index (χ2n) is 14.7. The van der Waals surface area contributed by atoms with Crippen LogP contribution < -0.4 is 9.30 Å². The molecule has 0 aliphatic heterocycles. The van der Waals surface area contributed by atoms with Gasteiger partial charge in [0.15, 0.2) is 11.0 Å². The van der Waals surface area contributed by atoms with Crippen LogP contribution in [0.2, 0.25) is 0 Å². The van der Waals surface area contributed by atoms with E-state index < -0.39 is 0 Å². The number of para-hydroxylation sites is 4. The maximum atomic E-state index is 6.72. The minimum Gasteiger partial charge on any atom is -0.457 e. The Morgan fingerprint density at radius 3 is 1.75 bits per heavy atom. The first kappa shape index (κ1) is 34.2. The highest BCUT2D eigenvalue weighted by Crippen LogP contribution is 2.37. The van der Waals surface area contributed by atoms with Gasteiger partial charge in [0.05, 0.1) is 11.0 Å². The number of hydrogen-bond donors (Lipinski definition) is 0. The fraction of sp³-hybridized carbons (Fsp3) is 0. The summed E-state index contributed by atoms with van der Waals surface area (Å²) in [6.07, 6.45) is 4.16. The predicted molar refractivity (Wildman–Crippen MR) is 240 cm³/mol. The molecule has 0 aliphatic rings. The molecule has 5 heteroatoms. The molecule has 0 aliphatic carbocycles. The first-order valence-electron chi connectivity index (χ1n) is 19.9. The Kier molecular flexibility index (Phi) is 8.41. The second-order valence-corrected chi connectivity index (χ2v) is 14.7. The van der Waals surface area contributed by atoms with Crippen LogP contribution >= 0.6 is 0 Å². The van der Waals surface area contributed by atoms with E-state index in [1.807, 2.05) is 18.3 Å². The van der Waals surface area contributed by atoms with Crippen molar-refractivity contribution >= 4 is 32.8 Å². The van der Waals surface area contributed by atoms with Crippen LogP contribution in [0, 0.1) is 0 Å². The molecule has 59 heavy (non-hydrogen) atoms. The van der Waals surface area contributed by atoms with E-state index >= 15 is 0 Å². The Hall–Kier alpha value is -8.02. The average Bonchev–Trinajstić information content (AvgIpc) is 3.86. The molecule has 11 aromatic rings. The van der Waals surface area contributed by atoms with Crippen molar-refractivity contribution in [2.45, 2.75) is 0 Å². The van der Waals surface area contributed by atoms with Gasteiger partial charge in [0, 0.05) is 45.8 Å². The minimum atomic E-state index is 0.744. The lowest BCUT2D eigenvalue weighted by Gasteiger charge is -2.13. The average molecular weight is 758 g/mol. The number of imidazole rings is 1. The molecule has 11 rings (SSSR count). The minimum absolute atomic E-state index is 0.744. The zero-order valence-electron chi connectivity index (χ0n) is 32.1. The number of benzene rings is 8. The summed E-state index contributed by atoms with van der Waals surface area (Å²) in [6, 6.07) is 74.2.